The molecule has 1 heterocycles. The Balaban J connectivity index is 2.05. The number of aromatic amines is 1. The third-order valence-corrected chi connectivity index (χ3v) is 2.60. The van der Waals surface area contributed by atoms with Gasteiger partial charge < -0.3 is 14.5 Å². The number of carbonyl (C=O) groups excluding carboxylic acids is 1. The Morgan fingerprint density at radius 1 is 1.25 bits per heavy atom. The molecule has 2 N–H and O–H groups in total. The van der Waals surface area contributed by atoms with Crippen LogP contribution in [0.25, 0.3) is 0 Å². The van der Waals surface area contributed by atoms with Gasteiger partial charge in [0.2, 0.25) is 0 Å². The molecule has 1 aromatic heterocycles. The van der Waals surface area contributed by atoms with Gasteiger partial charge in [0.05, 0.1) is 20.4 Å². The van der Waals surface area contributed by atoms with E-state index in [4.69, 9.17) is 9.47 Å². The molecule has 0 saturated carbocycles. The van der Waals surface area contributed by atoms with Crippen molar-refractivity contribution in [2.24, 2.45) is 5.10 Å². The minimum atomic E-state index is -0.305. The van der Waals surface area contributed by atoms with Crippen LogP contribution >= 0.6 is 0 Å². The van der Waals surface area contributed by atoms with Gasteiger partial charge in [-0.05, 0) is 24.3 Å². The Morgan fingerprint density at radius 2 is 1.95 bits per heavy atom. The van der Waals surface area contributed by atoms with E-state index in [1.54, 1.807) is 50.7 Å². The summed E-state index contributed by atoms with van der Waals surface area (Å²) in [6.07, 6.45) is 3.19. The fourth-order valence-electron chi connectivity index (χ4n) is 1.60. The van der Waals surface area contributed by atoms with Gasteiger partial charge in [-0.3, -0.25) is 4.79 Å². The van der Waals surface area contributed by atoms with Crippen molar-refractivity contribution in [2.45, 2.75) is 0 Å². The van der Waals surface area contributed by atoms with Crippen LogP contribution in [0.15, 0.2) is 41.6 Å². The Bertz CT molecular complexity index is 584. The molecule has 0 spiro atoms. The summed E-state index contributed by atoms with van der Waals surface area (Å²) in [5.41, 5.74) is 3.63. The number of nitrogens with one attached hydrogen (secondary N) is 2. The van der Waals surface area contributed by atoms with Crippen LogP contribution in [-0.4, -0.2) is 31.3 Å². The van der Waals surface area contributed by atoms with Crippen LogP contribution in [0.1, 0.15) is 16.1 Å². The summed E-state index contributed by atoms with van der Waals surface area (Å²) >= 11 is 0. The number of H-pyrrole nitrogens is 1. The van der Waals surface area contributed by atoms with Crippen LogP contribution in [0.2, 0.25) is 0 Å². The molecule has 2 aromatic rings. The van der Waals surface area contributed by atoms with E-state index in [1.165, 1.54) is 6.21 Å². The van der Waals surface area contributed by atoms with Crippen LogP contribution in [-0.2, 0) is 0 Å². The molecule has 6 heteroatoms. The average Bonchev–Trinajstić information content (AvgIpc) is 3.01. The molecule has 2 rings (SSSR count). The quantitative estimate of drug-likeness (QED) is 0.644. The lowest BCUT2D eigenvalue weighted by molar-refractivity contribution is 0.0951. The number of hydrogen-bond acceptors (Lipinski definition) is 4. The lowest BCUT2D eigenvalue weighted by Gasteiger charge is -2.05. The summed E-state index contributed by atoms with van der Waals surface area (Å²) in [5, 5.41) is 3.89. The normalized spacial score (nSPS) is 10.5. The fourth-order valence-corrected chi connectivity index (χ4v) is 1.60. The number of methoxy groups -OCH3 is 2. The Morgan fingerprint density at radius 3 is 2.50 bits per heavy atom. The van der Waals surface area contributed by atoms with Gasteiger partial charge in [0.15, 0.2) is 0 Å². The van der Waals surface area contributed by atoms with Gasteiger partial charge in [0.25, 0.3) is 5.91 Å². The standard InChI is InChI=1S/C14H15N3O3/c1-19-11-6-10(7-12(8-11)20-2)9-16-17-14(18)13-4-3-5-15-13/h3-9,15H,1-2H3,(H,17,18)/b16-9-. The first-order valence-electron chi connectivity index (χ1n) is 5.93. The highest BCUT2D eigenvalue weighted by molar-refractivity contribution is 5.93. The maximum atomic E-state index is 11.6. The van der Waals surface area contributed by atoms with Crippen molar-refractivity contribution in [1.29, 1.82) is 0 Å². The maximum absolute atomic E-state index is 11.6. The molecule has 1 aromatic carbocycles. The second-order valence-electron chi connectivity index (χ2n) is 3.93. The SMILES string of the molecule is COc1cc(/C=N\NC(=O)c2ccc[nH]2)cc(OC)c1. The van der Waals surface area contributed by atoms with Gasteiger partial charge in [0, 0.05) is 17.8 Å². The van der Waals surface area contributed by atoms with E-state index in [0.717, 1.165) is 5.56 Å². The number of ether oxygens (including phenoxy) is 2. The lowest BCUT2D eigenvalue weighted by atomic mass is 10.2. The van der Waals surface area contributed by atoms with Crippen molar-refractivity contribution in [3.05, 3.63) is 47.8 Å². The maximum Gasteiger partial charge on any atom is 0.287 e. The van der Waals surface area contributed by atoms with Gasteiger partial charge in [-0.25, -0.2) is 5.43 Å². The summed E-state index contributed by atoms with van der Waals surface area (Å²) in [6.45, 7) is 0. The van der Waals surface area contributed by atoms with Crippen LogP contribution < -0.4 is 14.9 Å². The average molecular weight is 273 g/mol. The highest BCUT2D eigenvalue weighted by Gasteiger charge is 2.03. The minimum absolute atomic E-state index is 0.305. The Hall–Kier alpha value is -2.76. The summed E-state index contributed by atoms with van der Waals surface area (Å²) in [6, 6.07) is 8.74. The molecule has 0 fully saturated rings. The Kier molecular flexibility index (Phi) is 4.39. The number of aromatic nitrogens is 1. The molecule has 0 bridgehead atoms. The number of nitrogens with zero attached hydrogens (tertiary/aromatic N) is 1. The molecule has 0 aliphatic rings. The summed E-state index contributed by atoms with van der Waals surface area (Å²) in [5.74, 6) is 1.00. The van der Waals surface area contributed by atoms with E-state index in [0.29, 0.717) is 17.2 Å². The zero-order valence-electron chi connectivity index (χ0n) is 11.2. The number of rotatable bonds is 5. The van der Waals surface area contributed by atoms with Gasteiger partial charge in [-0.2, -0.15) is 5.10 Å². The monoisotopic (exact) mass is 273 g/mol. The number of hydrogen-bond donors (Lipinski definition) is 2. The minimum Gasteiger partial charge on any atom is -0.497 e. The van der Waals surface area contributed by atoms with E-state index < -0.39 is 0 Å². The third-order valence-electron chi connectivity index (χ3n) is 2.60. The van der Waals surface area contributed by atoms with Gasteiger partial charge in [0.1, 0.15) is 17.2 Å². The topological polar surface area (TPSA) is 75.7 Å². The van der Waals surface area contributed by atoms with Gasteiger partial charge in [-0.1, -0.05) is 0 Å². The summed E-state index contributed by atoms with van der Waals surface area (Å²) in [7, 11) is 3.14. The largest absolute Gasteiger partial charge is 0.497 e. The lowest BCUT2D eigenvalue weighted by Crippen LogP contribution is -2.17. The van der Waals surface area contributed by atoms with Crippen molar-refractivity contribution in [1.82, 2.24) is 10.4 Å². The predicted molar refractivity (Wildman–Crippen MR) is 75.4 cm³/mol. The number of hydrazone groups is 1. The molecule has 0 radical (unpaired) electrons. The fraction of sp³-hybridized carbons (Fsp3) is 0.143. The first-order valence-corrected chi connectivity index (χ1v) is 5.93. The molecule has 0 saturated heterocycles. The van der Waals surface area contributed by atoms with Crippen molar-refractivity contribution in [3.8, 4) is 11.5 Å². The molecule has 6 nitrogen and oxygen atoms in total. The van der Waals surface area contributed by atoms with Crippen LogP contribution in [0.3, 0.4) is 0 Å². The summed E-state index contributed by atoms with van der Waals surface area (Å²) < 4.78 is 10.3. The zero-order valence-corrected chi connectivity index (χ0v) is 11.2. The first-order chi connectivity index (χ1) is 9.72. The third kappa shape index (κ3) is 3.38. The van der Waals surface area contributed by atoms with Gasteiger partial charge >= 0.3 is 0 Å². The predicted octanol–water partition coefficient (Wildman–Crippen LogP) is 1.80. The molecule has 0 aliphatic carbocycles. The van der Waals surface area contributed by atoms with Crippen molar-refractivity contribution in [3.63, 3.8) is 0 Å². The number of benzene rings is 1. The molecular weight excluding hydrogens is 258 g/mol. The molecule has 0 aliphatic heterocycles. The van der Waals surface area contributed by atoms with Crippen LogP contribution in [0, 0.1) is 0 Å². The molecule has 20 heavy (non-hydrogen) atoms. The van der Waals surface area contributed by atoms with E-state index in [-0.39, 0.29) is 5.91 Å². The highest BCUT2D eigenvalue weighted by atomic mass is 16.5. The van der Waals surface area contributed by atoms with Crippen molar-refractivity contribution >= 4 is 12.1 Å². The smallest absolute Gasteiger partial charge is 0.287 e. The van der Waals surface area contributed by atoms with E-state index >= 15 is 0 Å². The second-order valence-corrected chi connectivity index (χ2v) is 3.93. The Labute approximate surface area is 116 Å². The molecule has 1 amide bonds. The first kappa shape index (κ1) is 13.7. The molecule has 0 unspecified atom stereocenters. The van der Waals surface area contributed by atoms with E-state index in [2.05, 4.69) is 15.5 Å². The number of carbonyl (C=O) groups is 1. The molecule has 0 atom stereocenters. The van der Waals surface area contributed by atoms with Crippen LogP contribution in [0.4, 0.5) is 0 Å². The van der Waals surface area contributed by atoms with Crippen molar-refractivity contribution in [2.75, 3.05) is 14.2 Å². The van der Waals surface area contributed by atoms with Crippen molar-refractivity contribution < 1.29 is 14.3 Å². The molecular formula is C14H15N3O3. The van der Waals surface area contributed by atoms with Crippen LogP contribution in [0.5, 0.6) is 11.5 Å². The molecule has 104 valence electrons. The van der Waals surface area contributed by atoms with E-state index in [1.807, 2.05) is 0 Å². The van der Waals surface area contributed by atoms with E-state index in [9.17, 15) is 4.79 Å². The second kappa shape index (κ2) is 6.42. The highest BCUT2D eigenvalue weighted by Crippen LogP contribution is 2.21. The summed E-state index contributed by atoms with van der Waals surface area (Å²) in [4.78, 5) is 14.4. The zero-order chi connectivity index (χ0) is 14.4. The number of amides is 1. The van der Waals surface area contributed by atoms with Gasteiger partial charge in [-0.15, -0.1) is 0 Å².